The lowest BCUT2D eigenvalue weighted by Gasteiger charge is -2.17. The number of hydrogen-bond acceptors (Lipinski definition) is 5. The summed E-state index contributed by atoms with van der Waals surface area (Å²) in [5, 5.41) is 12.1. The van der Waals surface area contributed by atoms with Crippen molar-refractivity contribution in [2.24, 2.45) is 0 Å². The number of carbonyl (C=O) groups is 1. The highest BCUT2D eigenvalue weighted by atomic mass is 35.5. The monoisotopic (exact) mass is 504 g/mol. The number of aromatic nitrogens is 1. The summed E-state index contributed by atoms with van der Waals surface area (Å²) >= 11 is 6.39. The first kappa shape index (κ1) is 23.7. The molecule has 0 spiro atoms. The number of carbonyl (C=O) groups excluding carboxylic acids is 1. The molecule has 0 saturated heterocycles. The quantitative estimate of drug-likeness (QED) is 0.390. The summed E-state index contributed by atoms with van der Waals surface area (Å²) in [4.78, 5) is 15.4. The summed E-state index contributed by atoms with van der Waals surface area (Å²) in [5.41, 5.74) is -0.862. The van der Waals surface area contributed by atoms with Crippen LogP contribution in [0.4, 0.5) is 13.2 Å². The van der Waals surface area contributed by atoms with Crippen molar-refractivity contribution in [1.82, 2.24) is 4.98 Å². The van der Waals surface area contributed by atoms with Gasteiger partial charge in [0.2, 0.25) is 0 Å². The first-order valence-electron chi connectivity index (χ1n) is 9.69. The Hall–Kier alpha value is -3.43. The second-order valence-corrected chi connectivity index (χ2v) is 9.88. The Balaban J connectivity index is 2.04. The molecule has 10 heteroatoms. The van der Waals surface area contributed by atoms with E-state index in [1.54, 1.807) is 0 Å². The van der Waals surface area contributed by atoms with Gasteiger partial charge in [-0.25, -0.2) is 8.42 Å². The van der Waals surface area contributed by atoms with Crippen LogP contribution in [-0.4, -0.2) is 25.6 Å². The Morgan fingerprint density at radius 3 is 2.35 bits per heavy atom. The number of alkyl halides is 3. The number of nitrogens with zero attached hydrogens (tertiary/aromatic N) is 1. The molecule has 0 amide bonds. The number of hydrogen-bond donors (Lipinski definition) is 0. The van der Waals surface area contributed by atoms with Crippen LogP contribution in [-0.2, 0) is 16.0 Å². The summed E-state index contributed by atoms with van der Waals surface area (Å²) in [7, 11) is -3.84. The van der Waals surface area contributed by atoms with E-state index in [1.807, 2.05) is 0 Å². The Kier molecular flexibility index (Phi) is 5.87. The van der Waals surface area contributed by atoms with Gasteiger partial charge < -0.3 is 9.90 Å². The van der Waals surface area contributed by atoms with Gasteiger partial charge in [-0.3, -0.25) is 4.98 Å². The van der Waals surface area contributed by atoms with Crippen molar-refractivity contribution in [3.63, 3.8) is 0 Å². The van der Waals surface area contributed by atoms with Crippen LogP contribution in [0.5, 0.6) is 0 Å². The molecular formula is C24H14ClF3NO4S-. The SMILES string of the molecule is CS(=O)(=O)c1cccc(C(=O)[O-])c1-c1ccc(Cl)c(-c2ccnc3c(C(F)(F)F)cccc23)c1. The maximum atomic E-state index is 13.5. The van der Waals surface area contributed by atoms with Gasteiger partial charge in [0, 0.05) is 39.6 Å². The van der Waals surface area contributed by atoms with Crippen LogP contribution >= 0.6 is 11.6 Å². The van der Waals surface area contributed by atoms with Gasteiger partial charge in [-0.05, 0) is 41.5 Å². The molecule has 5 nitrogen and oxygen atoms in total. The van der Waals surface area contributed by atoms with E-state index in [-0.39, 0.29) is 43.1 Å². The van der Waals surface area contributed by atoms with Crippen molar-refractivity contribution in [3.8, 4) is 22.3 Å². The van der Waals surface area contributed by atoms with Crippen LogP contribution in [0.25, 0.3) is 33.2 Å². The molecule has 0 bridgehead atoms. The number of benzene rings is 3. The lowest BCUT2D eigenvalue weighted by atomic mass is 9.94. The predicted octanol–water partition coefficient (Wildman–Crippen LogP) is 5.01. The number of fused-ring (bicyclic) bond motifs is 1. The number of aromatic carboxylic acids is 1. The van der Waals surface area contributed by atoms with Gasteiger partial charge in [-0.15, -0.1) is 0 Å². The highest BCUT2D eigenvalue weighted by Gasteiger charge is 2.33. The summed E-state index contributed by atoms with van der Waals surface area (Å²) in [6, 6.07) is 13.2. The van der Waals surface area contributed by atoms with Crippen molar-refractivity contribution in [1.29, 1.82) is 0 Å². The number of rotatable bonds is 4. The van der Waals surface area contributed by atoms with E-state index in [1.165, 1.54) is 60.8 Å². The predicted molar refractivity (Wildman–Crippen MR) is 120 cm³/mol. The first-order chi connectivity index (χ1) is 15.9. The summed E-state index contributed by atoms with van der Waals surface area (Å²) in [6.45, 7) is 0. The molecule has 0 unspecified atom stereocenters. The van der Waals surface area contributed by atoms with Gasteiger partial charge in [0.25, 0.3) is 0 Å². The van der Waals surface area contributed by atoms with Crippen LogP contribution in [0.2, 0.25) is 5.02 Å². The zero-order chi connectivity index (χ0) is 24.8. The molecule has 0 aliphatic carbocycles. The molecule has 0 aliphatic heterocycles. The van der Waals surface area contributed by atoms with Crippen LogP contribution in [0.1, 0.15) is 15.9 Å². The van der Waals surface area contributed by atoms with E-state index >= 15 is 0 Å². The van der Waals surface area contributed by atoms with Crippen molar-refractivity contribution >= 4 is 38.3 Å². The van der Waals surface area contributed by atoms with Crippen molar-refractivity contribution in [2.45, 2.75) is 11.1 Å². The molecular weight excluding hydrogens is 491 g/mol. The third-order valence-electron chi connectivity index (χ3n) is 5.27. The fourth-order valence-corrected chi connectivity index (χ4v) is 4.98. The van der Waals surface area contributed by atoms with Crippen molar-refractivity contribution in [2.75, 3.05) is 6.26 Å². The molecule has 3 aromatic carbocycles. The zero-order valence-electron chi connectivity index (χ0n) is 17.4. The van der Waals surface area contributed by atoms with Gasteiger partial charge in [-0.1, -0.05) is 41.9 Å². The minimum Gasteiger partial charge on any atom is -0.545 e. The average molecular weight is 505 g/mol. The molecule has 0 N–H and O–H groups in total. The van der Waals surface area contributed by atoms with Crippen LogP contribution < -0.4 is 5.11 Å². The second kappa shape index (κ2) is 8.41. The number of carboxylic acid groups (broad SMARTS) is 1. The number of halogens is 4. The van der Waals surface area contributed by atoms with E-state index in [9.17, 15) is 31.5 Å². The molecule has 1 aromatic heterocycles. The topological polar surface area (TPSA) is 87.2 Å². The number of carboxylic acids is 1. The molecule has 0 saturated carbocycles. The summed E-state index contributed by atoms with van der Waals surface area (Å²) in [5.74, 6) is -1.58. The Bertz CT molecular complexity index is 1570. The largest absolute Gasteiger partial charge is 0.545 e. The summed E-state index contributed by atoms with van der Waals surface area (Å²) in [6.07, 6.45) is -2.47. The highest BCUT2D eigenvalue weighted by Crippen LogP contribution is 2.41. The minimum atomic E-state index is -4.63. The second-order valence-electron chi connectivity index (χ2n) is 7.49. The van der Waals surface area contributed by atoms with Crippen molar-refractivity contribution < 1.29 is 31.5 Å². The molecule has 1 heterocycles. The van der Waals surface area contributed by atoms with Gasteiger partial charge in [-0.2, -0.15) is 13.2 Å². The third-order valence-corrected chi connectivity index (χ3v) is 6.74. The van der Waals surface area contributed by atoms with Crippen molar-refractivity contribution in [3.05, 3.63) is 83.0 Å². The molecule has 0 fully saturated rings. The number of sulfone groups is 1. The third kappa shape index (κ3) is 4.24. The van der Waals surface area contributed by atoms with Gasteiger partial charge in [0.15, 0.2) is 9.84 Å². The molecule has 4 aromatic rings. The van der Waals surface area contributed by atoms with Crippen LogP contribution in [0.15, 0.2) is 71.8 Å². The Morgan fingerprint density at radius 2 is 1.71 bits per heavy atom. The smallest absolute Gasteiger partial charge is 0.418 e. The molecule has 0 radical (unpaired) electrons. The normalized spacial score (nSPS) is 12.1. The average Bonchev–Trinajstić information content (AvgIpc) is 2.77. The Morgan fingerprint density at radius 1 is 1.00 bits per heavy atom. The van der Waals surface area contributed by atoms with E-state index in [0.717, 1.165) is 12.3 Å². The zero-order valence-corrected chi connectivity index (χ0v) is 18.9. The van der Waals surface area contributed by atoms with E-state index in [4.69, 9.17) is 11.6 Å². The van der Waals surface area contributed by atoms with Crippen LogP contribution in [0.3, 0.4) is 0 Å². The minimum absolute atomic E-state index is 0.0998. The maximum absolute atomic E-state index is 13.5. The first-order valence-corrected chi connectivity index (χ1v) is 12.0. The molecule has 4 rings (SSSR count). The highest BCUT2D eigenvalue weighted by molar-refractivity contribution is 7.90. The van der Waals surface area contributed by atoms with Gasteiger partial charge in [0.1, 0.15) is 0 Å². The maximum Gasteiger partial charge on any atom is 0.418 e. The standard InChI is InChI=1S/C24H15ClF3NO4S/c1-34(32,33)20-7-3-5-16(23(30)31)21(20)13-8-9-19(25)17(12-13)14-10-11-29-22-15(14)4-2-6-18(22)24(26,27)28/h2-12H,1H3,(H,30,31)/p-1. The Labute approximate surface area is 197 Å². The van der Waals surface area contributed by atoms with Gasteiger partial charge in [0.05, 0.1) is 21.9 Å². The van der Waals surface area contributed by atoms with E-state index in [2.05, 4.69) is 4.98 Å². The molecule has 0 atom stereocenters. The molecule has 0 aliphatic rings. The lowest BCUT2D eigenvalue weighted by molar-refractivity contribution is -0.255. The number of pyridine rings is 1. The lowest BCUT2D eigenvalue weighted by Crippen LogP contribution is -2.23. The fraction of sp³-hybridized carbons (Fsp3) is 0.0833. The fourth-order valence-electron chi connectivity index (χ4n) is 3.83. The summed E-state index contributed by atoms with van der Waals surface area (Å²) < 4.78 is 65.3. The van der Waals surface area contributed by atoms with Gasteiger partial charge >= 0.3 is 6.18 Å². The van der Waals surface area contributed by atoms with E-state index < -0.39 is 27.5 Å². The number of para-hydroxylation sites is 1. The van der Waals surface area contributed by atoms with E-state index in [0.29, 0.717) is 5.56 Å². The molecule has 174 valence electrons. The van der Waals surface area contributed by atoms with Crippen LogP contribution in [0, 0.1) is 0 Å². The molecule has 34 heavy (non-hydrogen) atoms.